The van der Waals surface area contributed by atoms with Gasteiger partial charge in [0.15, 0.2) is 9.84 Å². The summed E-state index contributed by atoms with van der Waals surface area (Å²) in [7, 11) is -3.49. The van der Waals surface area contributed by atoms with Crippen molar-refractivity contribution in [2.75, 3.05) is 12.8 Å². The molecule has 2 atom stereocenters. The van der Waals surface area contributed by atoms with E-state index in [1.165, 1.54) is 29.2 Å². The lowest BCUT2D eigenvalue weighted by molar-refractivity contribution is -0.130. The maximum atomic E-state index is 14.5. The maximum absolute atomic E-state index is 14.5. The first kappa shape index (κ1) is 22.7. The Morgan fingerprint density at radius 3 is 2.44 bits per heavy atom. The minimum atomic E-state index is -3.49. The van der Waals surface area contributed by atoms with Crippen LogP contribution in [0.5, 0.6) is 0 Å². The highest BCUT2D eigenvalue weighted by Crippen LogP contribution is 2.42. The second-order valence-corrected chi connectivity index (χ2v) is 10.6. The number of rotatable bonds is 6. The fourth-order valence-corrected chi connectivity index (χ4v) is 4.65. The van der Waals surface area contributed by atoms with E-state index < -0.39 is 45.4 Å². The molecule has 1 aliphatic carbocycles. The van der Waals surface area contributed by atoms with E-state index in [4.69, 9.17) is 11.6 Å². The van der Waals surface area contributed by atoms with Crippen LogP contribution in [0.25, 0.3) is 0 Å². The number of benzene rings is 2. The second kappa shape index (κ2) is 8.44. The summed E-state index contributed by atoms with van der Waals surface area (Å²) in [6, 6.07) is 6.04. The zero-order valence-electron chi connectivity index (χ0n) is 17.1. The third-order valence-corrected chi connectivity index (χ3v) is 7.26. The van der Waals surface area contributed by atoms with Crippen molar-refractivity contribution in [1.29, 1.82) is 0 Å². The number of nitrogens with one attached hydrogen (secondary N) is 1. The Hall–Kier alpha value is -2.52. The van der Waals surface area contributed by atoms with Gasteiger partial charge in [-0.15, -0.1) is 0 Å². The first-order valence-electron chi connectivity index (χ1n) is 10.1. The molecule has 1 saturated carbocycles. The molecule has 0 spiro atoms. The highest BCUT2D eigenvalue weighted by molar-refractivity contribution is 7.90. The summed E-state index contributed by atoms with van der Waals surface area (Å²) in [5, 5.41) is 2.44. The third kappa shape index (κ3) is 4.49. The lowest BCUT2D eigenvalue weighted by atomic mass is 9.97. The van der Waals surface area contributed by atoms with E-state index in [0.29, 0.717) is 13.0 Å². The number of carbonyl (C=O) groups excluding carboxylic acids is 2. The summed E-state index contributed by atoms with van der Waals surface area (Å²) < 4.78 is 52.0. The number of likely N-dealkylation sites (tertiary alicyclic amines) is 1. The van der Waals surface area contributed by atoms with Gasteiger partial charge in [0.05, 0.1) is 16.0 Å². The van der Waals surface area contributed by atoms with E-state index in [1.54, 1.807) is 0 Å². The van der Waals surface area contributed by atoms with Crippen LogP contribution in [0.4, 0.5) is 8.78 Å². The van der Waals surface area contributed by atoms with Gasteiger partial charge in [-0.2, -0.15) is 0 Å². The van der Waals surface area contributed by atoms with Crippen LogP contribution in [0.15, 0.2) is 41.3 Å². The highest BCUT2D eigenvalue weighted by atomic mass is 35.5. The average Bonchev–Trinajstić information content (AvgIpc) is 3.53. The van der Waals surface area contributed by atoms with Crippen LogP contribution in [-0.4, -0.2) is 44.0 Å². The van der Waals surface area contributed by atoms with Crippen molar-refractivity contribution >= 4 is 33.3 Å². The van der Waals surface area contributed by atoms with Crippen LogP contribution in [-0.2, 0) is 14.6 Å². The monoisotopic (exact) mass is 482 g/mol. The minimum absolute atomic E-state index is 0.0129. The van der Waals surface area contributed by atoms with E-state index in [0.717, 1.165) is 31.2 Å². The van der Waals surface area contributed by atoms with Gasteiger partial charge in [0, 0.05) is 23.9 Å². The Balaban J connectivity index is 1.51. The fraction of sp³-hybridized carbons (Fsp3) is 0.364. The van der Waals surface area contributed by atoms with Crippen LogP contribution >= 0.6 is 11.6 Å². The molecule has 1 unspecified atom stereocenters. The van der Waals surface area contributed by atoms with Gasteiger partial charge >= 0.3 is 0 Å². The Morgan fingerprint density at radius 1 is 1.12 bits per heavy atom. The number of sulfone groups is 1. The minimum Gasteiger partial charge on any atom is -0.347 e. The molecule has 2 amide bonds. The fourth-order valence-electron chi connectivity index (χ4n) is 3.83. The first-order chi connectivity index (χ1) is 15.1. The lowest BCUT2D eigenvalue weighted by Gasteiger charge is -2.40. The molecule has 1 saturated heterocycles. The van der Waals surface area contributed by atoms with Crippen molar-refractivity contribution in [3.8, 4) is 0 Å². The van der Waals surface area contributed by atoms with Crippen LogP contribution in [0, 0.1) is 17.6 Å². The summed E-state index contributed by atoms with van der Waals surface area (Å²) >= 11 is 5.64. The Labute approximate surface area is 189 Å². The Bertz CT molecular complexity index is 1200. The van der Waals surface area contributed by atoms with Gasteiger partial charge in [-0.05, 0) is 55.5 Å². The molecule has 170 valence electrons. The number of carbonyl (C=O) groups is 2. The lowest BCUT2D eigenvalue weighted by Crippen LogP contribution is -2.58. The predicted molar refractivity (Wildman–Crippen MR) is 114 cm³/mol. The molecule has 10 heteroatoms. The summed E-state index contributed by atoms with van der Waals surface area (Å²) in [5.41, 5.74) is 0.191. The smallest absolute Gasteiger partial charge is 0.254 e. The molecular weight excluding hydrogens is 462 g/mol. The SMILES string of the molecule is CS(=O)(=O)c1cccc(C(=O)N2CC[C@H]2C(=O)NC(c2cc(F)c(Cl)cc2F)C2CC2)c1. The third-order valence-electron chi connectivity index (χ3n) is 5.86. The number of amides is 2. The van der Waals surface area contributed by atoms with Crippen LogP contribution in [0.1, 0.15) is 41.2 Å². The molecular formula is C22H21ClF2N2O4S. The molecule has 0 bridgehead atoms. The molecule has 2 aromatic carbocycles. The maximum Gasteiger partial charge on any atom is 0.254 e. The number of nitrogens with zero attached hydrogens (tertiary/aromatic N) is 1. The van der Waals surface area contributed by atoms with Crippen molar-refractivity contribution in [3.63, 3.8) is 0 Å². The van der Waals surface area contributed by atoms with E-state index in [9.17, 15) is 26.8 Å². The molecule has 0 radical (unpaired) electrons. The second-order valence-electron chi connectivity index (χ2n) is 8.21. The molecule has 1 aliphatic heterocycles. The largest absolute Gasteiger partial charge is 0.347 e. The first-order valence-corrected chi connectivity index (χ1v) is 12.4. The summed E-state index contributed by atoms with van der Waals surface area (Å²) in [6.45, 7) is 0.331. The Morgan fingerprint density at radius 2 is 1.84 bits per heavy atom. The number of hydrogen-bond acceptors (Lipinski definition) is 4. The van der Waals surface area contributed by atoms with Gasteiger partial charge in [0.1, 0.15) is 17.7 Å². The van der Waals surface area contributed by atoms with Crippen LogP contribution in [0.2, 0.25) is 5.02 Å². The van der Waals surface area contributed by atoms with Gasteiger partial charge in [0.25, 0.3) is 5.91 Å². The van der Waals surface area contributed by atoms with Crippen LogP contribution in [0.3, 0.4) is 0 Å². The van der Waals surface area contributed by atoms with Crippen molar-refractivity contribution < 1.29 is 26.8 Å². The van der Waals surface area contributed by atoms with Gasteiger partial charge in [-0.1, -0.05) is 17.7 Å². The van der Waals surface area contributed by atoms with E-state index in [2.05, 4.69) is 5.32 Å². The molecule has 2 aromatic rings. The standard InChI is InChI=1S/C22H21ClF2N2O4S/c1-32(30,31)14-4-2-3-13(9-14)22(29)27-8-7-19(27)21(28)26-20(12-5-6-12)15-10-18(25)16(23)11-17(15)24/h2-4,9-12,19-20H,5-8H2,1H3,(H,26,28)/t19-,20?/m0/s1. The Kier molecular flexibility index (Phi) is 5.98. The van der Waals surface area contributed by atoms with Crippen LogP contribution < -0.4 is 5.32 Å². The molecule has 4 rings (SSSR count). The normalized spacial score (nSPS) is 19.2. The highest BCUT2D eigenvalue weighted by Gasteiger charge is 2.42. The summed E-state index contributed by atoms with van der Waals surface area (Å²) in [6.07, 6.45) is 2.99. The molecule has 2 fully saturated rings. The van der Waals surface area contributed by atoms with Gasteiger partial charge in [-0.3, -0.25) is 9.59 Å². The summed E-state index contributed by atoms with van der Waals surface area (Å²) in [5.74, 6) is -2.42. The topological polar surface area (TPSA) is 83.6 Å². The van der Waals surface area contributed by atoms with E-state index >= 15 is 0 Å². The molecule has 1 heterocycles. The van der Waals surface area contributed by atoms with Crippen molar-refractivity contribution in [1.82, 2.24) is 10.2 Å². The zero-order valence-corrected chi connectivity index (χ0v) is 18.7. The molecule has 2 aliphatic rings. The number of halogens is 3. The quantitative estimate of drug-likeness (QED) is 0.639. The van der Waals surface area contributed by atoms with E-state index in [1.807, 2.05) is 0 Å². The van der Waals surface area contributed by atoms with E-state index in [-0.39, 0.29) is 27.0 Å². The molecule has 1 N–H and O–H groups in total. The van der Waals surface area contributed by atoms with Crippen molar-refractivity contribution in [3.05, 3.63) is 64.2 Å². The van der Waals surface area contributed by atoms with Gasteiger partial charge in [0.2, 0.25) is 5.91 Å². The zero-order chi connectivity index (χ0) is 23.2. The van der Waals surface area contributed by atoms with Gasteiger partial charge < -0.3 is 10.2 Å². The predicted octanol–water partition coefficient (Wildman–Crippen LogP) is 3.50. The molecule has 32 heavy (non-hydrogen) atoms. The van der Waals surface area contributed by atoms with Gasteiger partial charge in [-0.25, -0.2) is 17.2 Å². The average molecular weight is 483 g/mol. The summed E-state index contributed by atoms with van der Waals surface area (Å²) in [4.78, 5) is 27.2. The van der Waals surface area contributed by atoms with Crippen molar-refractivity contribution in [2.24, 2.45) is 5.92 Å². The number of hydrogen-bond donors (Lipinski definition) is 1. The molecule has 0 aromatic heterocycles. The van der Waals surface area contributed by atoms with Crippen molar-refractivity contribution in [2.45, 2.75) is 36.2 Å². The molecule has 6 nitrogen and oxygen atoms in total.